The highest BCUT2D eigenvalue weighted by Gasteiger charge is 2.19. The molecule has 1 aromatic heterocycles. The second-order valence-electron chi connectivity index (χ2n) is 8.07. The zero-order valence-electron chi connectivity index (χ0n) is 17.7. The average Bonchev–Trinajstić information content (AvgIpc) is 3.27. The van der Waals surface area contributed by atoms with Crippen LogP contribution >= 0.6 is 11.6 Å². The van der Waals surface area contributed by atoms with E-state index in [0.717, 1.165) is 36.1 Å². The molecule has 0 radical (unpaired) electrons. The van der Waals surface area contributed by atoms with Gasteiger partial charge in [-0.25, -0.2) is 4.79 Å². The summed E-state index contributed by atoms with van der Waals surface area (Å²) in [5, 5.41) is 4.51. The Bertz CT molecular complexity index is 1120. The van der Waals surface area contributed by atoms with Gasteiger partial charge in [0.15, 0.2) is 0 Å². The van der Waals surface area contributed by atoms with Gasteiger partial charge < -0.3 is 20.1 Å². The van der Waals surface area contributed by atoms with Crippen molar-refractivity contribution in [2.24, 2.45) is 0 Å². The summed E-state index contributed by atoms with van der Waals surface area (Å²) in [5.41, 5.74) is 2.94. The third kappa shape index (κ3) is 5.27. The summed E-state index contributed by atoms with van der Waals surface area (Å²) >= 11 is 5.95. The molecule has 2 heterocycles. The van der Waals surface area contributed by atoms with Crippen molar-refractivity contribution in [1.29, 1.82) is 0 Å². The Hall–Kier alpha value is -2.83. The van der Waals surface area contributed by atoms with Crippen molar-refractivity contribution in [1.82, 2.24) is 14.8 Å². The molecule has 0 saturated carbocycles. The summed E-state index contributed by atoms with van der Waals surface area (Å²) in [6.45, 7) is 5.67. The molecule has 1 aliphatic rings. The van der Waals surface area contributed by atoms with Crippen molar-refractivity contribution in [3.05, 3.63) is 75.0 Å². The van der Waals surface area contributed by atoms with Gasteiger partial charge in [0.2, 0.25) is 0 Å². The molecule has 3 aromatic rings. The molecule has 4 rings (SSSR count). The lowest BCUT2D eigenvalue weighted by Gasteiger charge is -2.26. The zero-order chi connectivity index (χ0) is 21.8. The molecule has 0 aliphatic carbocycles. The van der Waals surface area contributed by atoms with Gasteiger partial charge in [-0.05, 0) is 74.1 Å². The number of hydrogen-bond acceptors (Lipinski definition) is 3. The van der Waals surface area contributed by atoms with Crippen LogP contribution in [0.1, 0.15) is 24.0 Å². The molecule has 0 bridgehead atoms. The maximum atomic E-state index is 13.1. The van der Waals surface area contributed by atoms with Crippen LogP contribution in [0.5, 0.6) is 0 Å². The highest BCUT2D eigenvalue weighted by molar-refractivity contribution is 6.30. The fraction of sp³-hybridized carbons (Fsp3) is 0.333. The molecule has 1 fully saturated rings. The van der Waals surface area contributed by atoms with Crippen molar-refractivity contribution >= 4 is 34.2 Å². The maximum absolute atomic E-state index is 13.1. The molecule has 2 aromatic carbocycles. The molecule has 0 atom stereocenters. The number of aryl methyl sites for hydroxylation is 1. The number of aromatic amines is 1. The van der Waals surface area contributed by atoms with Crippen LogP contribution in [0.4, 0.5) is 10.5 Å². The van der Waals surface area contributed by atoms with E-state index in [1.165, 1.54) is 12.8 Å². The number of likely N-dealkylation sites (tertiary alicyclic amines) is 1. The molecule has 7 heteroatoms. The Labute approximate surface area is 186 Å². The standard InChI is InChI=1S/C24H27ClN4O2/c1-17-5-4-6-18-15-19(23(30)27-22(17)18)16-29(14-13-28-11-2-3-12-28)24(31)26-21-9-7-20(25)8-10-21/h4-10,15H,2-3,11-14,16H2,1H3,(H,26,31)(H,27,30). The van der Waals surface area contributed by atoms with Crippen molar-refractivity contribution in [3.63, 3.8) is 0 Å². The van der Waals surface area contributed by atoms with Crippen LogP contribution < -0.4 is 10.9 Å². The molecule has 31 heavy (non-hydrogen) atoms. The number of amides is 2. The molecule has 162 valence electrons. The first kappa shape index (κ1) is 21.4. The largest absolute Gasteiger partial charge is 0.322 e. The second kappa shape index (κ2) is 9.54. The third-order valence-corrected chi connectivity index (χ3v) is 6.05. The van der Waals surface area contributed by atoms with Crippen molar-refractivity contribution in [3.8, 4) is 0 Å². The maximum Gasteiger partial charge on any atom is 0.322 e. The number of para-hydroxylation sites is 1. The topological polar surface area (TPSA) is 68.4 Å². The van der Waals surface area contributed by atoms with Gasteiger partial charge in [0, 0.05) is 29.4 Å². The fourth-order valence-corrected chi connectivity index (χ4v) is 4.13. The van der Waals surface area contributed by atoms with E-state index in [1.807, 2.05) is 31.2 Å². The Morgan fingerprint density at radius 1 is 1.16 bits per heavy atom. The van der Waals surface area contributed by atoms with Crippen molar-refractivity contribution in [2.45, 2.75) is 26.3 Å². The fourth-order valence-electron chi connectivity index (χ4n) is 4.01. The summed E-state index contributed by atoms with van der Waals surface area (Å²) in [4.78, 5) is 32.9. The predicted octanol–water partition coefficient (Wildman–Crippen LogP) is 4.62. The first-order valence-corrected chi connectivity index (χ1v) is 11.0. The molecule has 2 amide bonds. The van der Waals surface area contributed by atoms with Crippen LogP contribution in [0.15, 0.2) is 53.3 Å². The Morgan fingerprint density at radius 3 is 2.65 bits per heavy atom. The first-order valence-electron chi connectivity index (χ1n) is 10.6. The van der Waals surface area contributed by atoms with Gasteiger partial charge in [0.25, 0.3) is 5.56 Å². The van der Waals surface area contributed by atoms with E-state index >= 15 is 0 Å². The van der Waals surface area contributed by atoms with Crippen LogP contribution in [-0.2, 0) is 6.54 Å². The molecular formula is C24H27ClN4O2. The van der Waals surface area contributed by atoms with E-state index in [1.54, 1.807) is 29.2 Å². The highest BCUT2D eigenvalue weighted by atomic mass is 35.5. The quantitative estimate of drug-likeness (QED) is 0.590. The van der Waals surface area contributed by atoms with E-state index in [-0.39, 0.29) is 18.1 Å². The number of hydrogen-bond donors (Lipinski definition) is 2. The van der Waals surface area contributed by atoms with Gasteiger partial charge in [0.1, 0.15) is 0 Å². The lowest BCUT2D eigenvalue weighted by atomic mass is 10.1. The van der Waals surface area contributed by atoms with Crippen LogP contribution in [0.25, 0.3) is 10.9 Å². The van der Waals surface area contributed by atoms with Crippen LogP contribution in [-0.4, -0.2) is 47.0 Å². The molecule has 1 saturated heterocycles. The summed E-state index contributed by atoms with van der Waals surface area (Å²) < 4.78 is 0. The average molecular weight is 439 g/mol. The first-order chi connectivity index (χ1) is 15.0. The Balaban J connectivity index is 1.56. The van der Waals surface area contributed by atoms with Gasteiger partial charge in [-0.2, -0.15) is 0 Å². The number of fused-ring (bicyclic) bond motifs is 1. The van der Waals surface area contributed by atoms with Crippen molar-refractivity contribution < 1.29 is 4.79 Å². The Kier molecular flexibility index (Phi) is 6.59. The number of pyridine rings is 1. The number of rotatable bonds is 6. The SMILES string of the molecule is Cc1cccc2cc(CN(CCN3CCCC3)C(=O)Nc3ccc(Cl)cc3)c(=O)[nH]c12. The predicted molar refractivity (Wildman–Crippen MR) is 126 cm³/mol. The molecular weight excluding hydrogens is 412 g/mol. The number of halogens is 1. The van der Waals surface area contributed by atoms with Gasteiger partial charge in [-0.1, -0.05) is 29.8 Å². The number of benzene rings is 2. The molecule has 0 spiro atoms. The zero-order valence-corrected chi connectivity index (χ0v) is 18.4. The minimum absolute atomic E-state index is 0.160. The number of urea groups is 1. The minimum Gasteiger partial charge on any atom is -0.321 e. The van der Waals surface area contributed by atoms with Gasteiger partial charge >= 0.3 is 6.03 Å². The number of nitrogens with zero attached hydrogens (tertiary/aromatic N) is 2. The van der Waals surface area contributed by atoms with Crippen molar-refractivity contribution in [2.75, 3.05) is 31.5 Å². The van der Waals surface area contributed by atoms with Crippen LogP contribution in [0, 0.1) is 6.92 Å². The summed E-state index contributed by atoms with van der Waals surface area (Å²) in [6, 6.07) is 14.6. The second-order valence-corrected chi connectivity index (χ2v) is 8.51. The normalized spacial score (nSPS) is 14.1. The summed E-state index contributed by atoms with van der Waals surface area (Å²) in [6.07, 6.45) is 2.39. The van der Waals surface area contributed by atoms with E-state index in [0.29, 0.717) is 22.8 Å². The minimum atomic E-state index is -0.231. The third-order valence-electron chi connectivity index (χ3n) is 5.79. The number of nitrogens with one attached hydrogen (secondary N) is 2. The van der Waals surface area contributed by atoms with Gasteiger partial charge in [0.05, 0.1) is 12.1 Å². The lowest BCUT2D eigenvalue weighted by molar-refractivity contribution is 0.197. The van der Waals surface area contributed by atoms with E-state index < -0.39 is 0 Å². The van der Waals surface area contributed by atoms with E-state index in [9.17, 15) is 9.59 Å². The van der Waals surface area contributed by atoms with Crippen LogP contribution in [0.3, 0.4) is 0 Å². The smallest absolute Gasteiger partial charge is 0.321 e. The number of aromatic nitrogens is 1. The summed E-state index contributed by atoms with van der Waals surface area (Å²) in [5.74, 6) is 0. The highest BCUT2D eigenvalue weighted by Crippen LogP contribution is 2.18. The Morgan fingerprint density at radius 2 is 1.90 bits per heavy atom. The molecule has 1 aliphatic heterocycles. The number of carbonyl (C=O) groups is 1. The van der Waals surface area contributed by atoms with Gasteiger partial charge in [-0.15, -0.1) is 0 Å². The number of H-pyrrole nitrogens is 1. The number of carbonyl (C=O) groups excluding carboxylic acids is 1. The van der Waals surface area contributed by atoms with E-state index in [4.69, 9.17) is 11.6 Å². The lowest BCUT2D eigenvalue weighted by Crippen LogP contribution is -2.41. The molecule has 6 nitrogen and oxygen atoms in total. The summed E-state index contributed by atoms with van der Waals surface area (Å²) in [7, 11) is 0. The molecule has 2 N–H and O–H groups in total. The van der Waals surface area contributed by atoms with E-state index in [2.05, 4.69) is 15.2 Å². The van der Waals surface area contributed by atoms with Gasteiger partial charge in [-0.3, -0.25) is 4.79 Å². The number of anilines is 1. The monoisotopic (exact) mass is 438 g/mol. The van der Waals surface area contributed by atoms with Crippen LogP contribution in [0.2, 0.25) is 5.02 Å². The molecule has 0 unspecified atom stereocenters.